The number of H-pyrrole nitrogens is 1. The van der Waals surface area contributed by atoms with Crippen LogP contribution in [-0.4, -0.2) is 47.5 Å². The Morgan fingerprint density at radius 1 is 1.10 bits per heavy atom. The smallest absolute Gasteiger partial charge is 0.309 e. The van der Waals surface area contributed by atoms with Gasteiger partial charge < -0.3 is 24.8 Å². The Kier molecular flexibility index (Phi) is 10.1. The summed E-state index contributed by atoms with van der Waals surface area (Å²) >= 11 is 0. The second-order valence-electron chi connectivity index (χ2n) is 10.5. The molecule has 3 N–H and O–H groups in total. The van der Waals surface area contributed by atoms with Crippen molar-refractivity contribution < 1.29 is 28.5 Å². The number of aliphatic carboxylic acids is 1. The molecule has 7 nitrogen and oxygen atoms in total. The van der Waals surface area contributed by atoms with Crippen molar-refractivity contribution in [1.29, 1.82) is 5.26 Å². The number of halogens is 2. The van der Waals surface area contributed by atoms with Crippen LogP contribution in [0.1, 0.15) is 51.5 Å². The molecule has 5 rings (SSSR count). The number of nitrogens with zero attached hydrogens (tertiary/aromatic N) is 2. The number of carboxylic acid groups (broad SMARTS) is 1. The molecule has 1 saturated heterocycles. The summed E-state index contributed by atoms with van der Waals surface area (Å²) in [6.45, 7) is 5.92. The molecule has 1 aromatic heterocycles. The number of hydrogen-bond donors (Lipinski definition) is 3. The molecule has 0 atom stereocenters. The lowest BCUT2D eigenvalue weighted by molar-refractivity contribution is -0.150. The third-order valence-electron chi connectivity index (χ3n) is 7.76. The predicted octanol–water partition coefficient (Wildman–Crippen LogP) is 6.45. The maximum Gasteiger partial charge on any atom is 0.309 e. The first-order valence-corrected chi connectivity index (χ1v) is 13.3. The summed E-state index contributed by atoms with van der Waals surface area (Å²) in [6.07, 6.45) is 13.9. The van der Waals surface area contributed by atoms with E-state index in [-0.39, 0.29) is 17.0 Å². The van der Waals surface area contributed by atoms with Crippen LogP contribution in [0.3, 0.4) is 0 Å². The molecule has 212 valence electrons. The van der Waals surface area contributed by atoms with E-state index in [1.165, 1.54) is 37.5 Å². The van der Waals surface area contributed by atoms with E-state index in [1.807, 2.05) is 24.8 Å². The zero-order valence-electron chi connectivity index (χ0n) is 22.8. The number of nitriles is 1. The first-order chi connectivity index (χ1) is 19.1. The summed E-state index contributed by atoms with van der Waals surface area (Å²) in [5, 5.41) is 28.3. The standard InChI is InChI=1S/C19H15F2N3O2.C10H18O2.C2H2/c20-15-8-12(24-3-5-26-6-4-24)9-16(21)18(15)11-1-2-17-13(7-11)14(10-22)19(25)23-17;1-10(2,9(11)12)8-6-4-3-5-7-8;1-2/h1-2,7-9,23,25H,3-6H2;8H,3-7H2,1-2H3,(H,11,12);1-2H. The number of aromatic amines is 1. The number of aromatic nitrogens is 1. The van der Waals surface area contributed by atoms with Crippen LogP contribution < -0.4 is 4.90 Å². The Labute approximate surface area is 233 Å². The Bertz CT molecular complexity index is 1370. The average molecular weight is 552 g/mol. The van der Waals surface area contributed by atoms with E-state index in [0.29, 0.717) is 54.4 Å². The highest BCUT2D eigenvalue weighted by Gasteiger charge is 2.36. The van der Waals surface area contributed by atoms with Crippen LogP contribution in [0.2, 0.25) is 0 Å². The van der Waals surface area contributed by atoms with Gasteiger partial charge in [0.15, 0.2) is 0 Å². The summed E-state index contributed by atoms with van der Waals surface area (Å²) in [7, 11) is 0. The molecule has 2 aromatic carbocycles. The topological polar surface area (TPSA) is 110 Å². The van der Waals surface area contributed by atoms with Crippen molar-refractivity contribution >= 4 is 22.6 Å². The van der Waals surface area contributed by atoms with Crippen LogP contribution in [0.4, 0.5) is 14.5 Å². The van der Waals surface area contributed by atoms with E-state index in [9.17, 15) is 18.7 Å². The van der Waals surface area contributed by atoms with Gasteiger partial charge in [0.25, 0.3) is 0 Å². The minimum atomic E-state index is -0.677. The second kappa shape index (κ2) is 13.3. The maximum absolute atomic E-state index is 14.7. The summed E-state index contributed by atoms with van der Waals surface area (Å²) in [6, 6.07) is 9.15. The molecule has 0 amide bonds. The summed E-state index contributed by atoms with van der Waals surface area (Å²) in [5.74, 6) is -1.87. The lowest BCUT2D eigenvalue weighted by Gasteiger charge is -2.33. The molecule has 2 fully saturated rings. The number of rotatable bonds is 4. The molecule has 2 heterocycles. The monoisotopic (exact) mass is 551 g/mol. The van der Waals surface area contributed by atoms with E-state index in [1.54, 1.807) is 12.1 Å². The van der Waals surface area contributed by atoms with E-state index < -0.39 is 23.0 Å². The van der Waals surface area contributed by atoms with Crippen molar-refractivity contribution in [1.82, 2.24) is 4.98 Å². The number of anilines is 1. The number of carboxylic acids is 1. The molecule has 3 aromatic rings. The Balaban J connectivity index is 0.000000265. The van der Waals surface area contributed by atoms with Crippen molar-refractivity contribution in [3.63, 3.8) is 0 Å². The fraction of sp³-hybridized carbons (Fsp3) is 0.419. The molecule has 0 bridgehead atoms. The molecule has 9 heteroatoms. The lowest BCUT2D eigenvalue weighted by Crippen LogP contribution is -2.36. The molecular formula is C31H35F2N3O4. The van der Waals surface area contributed by atoms with Crippen LogP contribution in [0.15, 0.2) is 30.3 Å². The summed E-state index contributed by atoms with van der Waals surface area (Å²) in [4.78, 5) is 15.5. The normalized spacial score (nSPS) is 15.8. The van der Waals surface area contributed by atoms with Gasteiger partial charge >= 0.3 is 5.97 Å². The Morgan fingerprint density at radius 2 is 1.70 bits per heavy atom. The number of terminal acetylenes is 1. The van der Waals surface area contributed by atoms with Crippen LogP contribution in [0.5, 0.6) is 5.88 Å². The van der Waals surface area contributed by atoms with Crippen molar-refractivity contribution in [3.8, 4) is 35.9 Å². The number of hydrogen-bond acceptors (Lipinski definition) is 5. The molecule has 0 radical (unpaired) electrons. The van der Waals surface area contributed by atoms with Gasteiger partial charge in [-0.3, -0.25) is 4.79 Å². The van der Waals surface area contributed by atoms with Gasteiger partial charge in [-0.05, 0) is 62.4 Å². The SMILES string of the molecule is C#C.CC(C)(C(=O)O)C1CCCCC1.N#Cc1c(O)[nH]c2ccc(-c3c(F)cc(N4CCOCC4)cc3F)cc12. The molecule has 40 heavy (non-hydrogen) atoms. The van der Waals surface area contributed by atoms with Crippen molar-refractivity contribution in [2.24, 2.45) is 11.3 Å². The number of carbonyl (C=O) groups is 1. The molecule has 2 aliphatic rings. The molecule has 1 aliphatic heterocycles. The Morgan fingerprint density at radius 3 is 2.25 bits per heavy atom. The third kappa shape index (κ3) is 6.55. The number of morpholine rings is 1. The van der Waals surface area contributed by atoms with Crippen molar-refractivity contribution in [3.05, 3.63) is 47.5 Å². The third-order valence-corrected chi connectivity index (χ3v) is 7.76. The van der Waals surface area contributed by atoms with Crippen molar-refractivity contribution in [2.75, 3.05) is 31.2 Å². The van der Waals surface area contributed by atoms with Gasteiger partial charge in [-0.2, -0.15) is 5.26 Å². The number of fused-ring (bicyclic) bond motifs is 1. The number of benzene rings is 2. The van der Waals surface area contributed by atoms with Gasteiger partial charge in [-0.25, -0.2) is 8.78 Å². The van der Waals surface area contributed by atoms with E-state index >= 15 is 0 Å². The average Bonchev–Trinajstić information content (AvgIpc) is 3.29. The molecule has 0 unspecified atom stereocenters. The second-order valence-corrected chi connectivity index (χ2v) is 10.5. The molecular weight excluding hydrogens is 516 g/mol. The molecule has 0 spiro atoms. The van der Waals surface area contributed by atoms with Crippen LogP contribution in [-0.2, 0) is 9.53 Å². The van der Waals surface area contributed by atoms with Gasteiger partial charge in [0.2, 0.25) is 5.88 Å². The number of nitrogens with one attached hydrogen (secondary N) is 1. The fourth-order valence-electron chi connectivity index (χ4n) is 5.28. The van der Waals surface area contributed by atoms with Crippen LogP contribution in [0.25, 0.3) is 22.0 Å². The first-order valence-electron chi connectivity index (χ1n) is 13.3. The van der Waals surface area contributed by atoms with E-state index in [0.717, 1.165) is 12.8 Å². The van der Waals surface area contributed by atoms with Gasteiger partial charge in [-0.15, -0.1) is 12.8 Å². The molecule has 1 saturated carbocycles. The predicted molar refractivity (Wildman–Crippen MR) is 151 cm³/mol. The molecule has 1 aliphatic carbocycles. The fourth-order valence-corrected chi connectivity index (χ4v) is 5.28. The maximum atomic E-state index is 14.7. The highest BCUT2D eigenvalue weighted by Crippen LogP contribution is 2.38. The van der Waals surface area contributed by atoms with Gasteiger partial charge in [0.05, 0.1) is 24.2 Å². The van der Waals surface area contributed by atoms with E-state index in [2.05, 4.69) is 17.8 Å². The first kappa shape index (κ1) is 30.5. The summed E-state index contributed by atoms with van der Waals surface area (Å²) < 4.78 is 34.7. The van der Waals surface area contributed by atoms with Crippen LogP contribution in [0, 0.1) is 47.1 Å². The van der Waals surface area contributed by atoms with Gasteiger partial charge in [-0.1, -0.05) is 25.3 Å². The quantitative estimate of drug-likeness (QED) is 0.321. The van der Waals surface area contributed by atoms with Crippen LogP contribution >= 0.6 is 0 Å². The lowest BCUT2D eigenvalue weighted by atomic mass is 9.71. The largest absolute Gasteiger partial charge is 0.494 e. The number of ether oxygens (including phenoxy) is 1. The highest BCUT2D eigenvalue weighted by atomic mass is 19.1. The summed E-state index contributed by atoms with van der Waals surface area (Å²) in [5.41, 5.74) is 0.678. The highest BCUT2D eigenvalue weighted by molar-refractivity contribution is 5.92. The van der Waals surface area contributed by atoms with Gasteiger partial charge in [0, 0.05) is 29.7 Å². The van der Waals surface area contributed by atoms with Crippen molar-refractivity contribution in [2.45, 2.75) is 46.0 Å². The number of aromatic hydroxyl groups is 1. The van der Waals surface area contributed by atoms with E-state index in [4.69, 9.17) is 15.1 Å². The zero-order valence-corrected chi connectivity index (χ0v) is 22.8. The Hall–Kier alpha value is -4.08. The van der Waals surface area contributed by atoms with Gasteiger partial charge in [0.1, 0.15) is 23.3 Å². The minimum absolute atomic E-state index is 0.0487. The minimum Gasteiger partial charge on any atom is -0.494 e. The zero-order chi connectivity index (χ0) is 29.4.